The van der Waals surface area contributed by atoms with E-state index in [1.54, 1.807) is 0 Å². The van der Waals surface area contributed by atoms with Crippen molar-refractivity contribution in [3.63, 3.8) is 0 Å². The summed E-state index contributed by atoms with van der Waals surface area (Å²) in [7, 11) is 0. The van der Waals surface area contributed by atoms with Gasteiger partial charge in [0.25, 0.3) is 0 Å². The van der Waals surface area contributed by atoms with Gasteiger partial charge in [0, 0.05) is 25.7 Å². The number of rotatable bonds is 5. The number of nitrogens with zero attached hydrogens (tertiary/aromatic N) is 2. The van der Waals surface area contributed by atoms with Crippen LogP contribution in [0.25, 0.3) is 0 Å². The van der Waals surface area contributed by atoms with Crippen LogP contribution in [0.4, 0.5) is 0 Å². The molecule has 2 fully saturated rings. The first-order valence-electron chi connectivity index (χ1n) is 9.34. The Morgan fingerprint density at radius 1 is 1.27 bits per heavy atom. The summed E-state index contributed by atoms with van der Waals surface area (Å²) >= 11 is 0. The van der Waals surface area contributed by atoms with Crippen LogP contribution in [0.1, 0.15) is 32.6 Å². The monoisotopic (exact) mass is 473 g/mol. The van der Waals surface area contributed by atoms with Gasteiger partial charge < -0.3 is 24.4 Å². The smallest absolute Gasteiger partial charge is 0.231 e. The topological polar surface area (TPSA) is 55.3 Å². The van der Waals surface area contributed by atoms with Gasteiger partial charge in [-0.15, -0.1) is 24.0 Å². The Hall–Kier alpha value is -1.38. The molecule has 6 nitrogen and oxygen atoms in total. The van der Waals surface area contributed by atoms with Gasteiger partial charge in [-0.1, -0.05) is 6.42 Å². The summed E-state index contributed by atoms with van der Waals surface area (Å²) in [6.45, 7) is 6.76. The van der Waals surface area contributed by atoms with Crippen molar-refractivity contribution in [3.8, 4) is 17.2 Å². The van der Waals surface area contributed by atoms with E-state index in [9.17, 15) is 0 Å². The highest BCUT2D eigenvalue weighted by atomic mass is 127. The second-order valence-corrected chi connectivity index (χ2v) is 7.12. The van der Waals surface area contributed by atoms with Crippen LogP contribution in [0.5, 0.6) is 17.2 Å². The highest BCUT2D eigenvalue weighted by Gasteiger charge is 2.43. The van der Waals surface area contributed by atoms with Crippen molar-refractivity contribution >= 4 is 29.9 Å². The molecule has 144 valence electrons. The number of nitrogens with one attached hydrogen (secondary N) is 1. The number of hydrogen-bond donors (Lipinski definition) is 1. The lowest BCUT2D eigenvalue weighted by Crippen LogP contribution is -2.42. The Labute approximate surface area is 172 Å². The van der Waals surface area contributed by atoms with Crippen LogP contribution in [0.3, 0.4) is 0 Å². The molecular weight excluding hydrogens is 445 g/mol. The Balaban J connectivity index is 0.00000196. The molecule has 1 saturated heterocycles. The molecule has 7 heteroatoms. The second-order valence-electron chi connectivity index (χ2n) is 7.12. The Bertz CT molecular complexity index is 649. The van der Waals surface area contributed by atoms with E-state index in [0.717, 1.165) is 42.8 Å². The lowest BCUT2D eigenvalue weighted by atomic mass is 9.68. The number of benzene rings is 1. The first-order chi connectivity index (χ1) is 12.3. The Kier molecular flexibility index (Phi) is 6.37. The number of fused-ring (bicyclic) bond motifs is 1. The van der Waals surface area contributed by atoms with E-state index in [1.807, 2.05) is 18.2 Å². The third kappa shape index (κ3) is 4.13. The maximum atomic E-state index is 5.81. The number of halogens is 1. The van der Waals surface area contributed by atoms with Gasteiger partial charge >= 0.3 is 0 Å². The molecule has 1 spiro atoms. The van der Waals surface area contributed by atoms with Crippen molar-refractivity contribution in [1.82, 2.24) is 10.2 Å². The number of hydrogen-bond acceptors (Lipinski definition) is 4. The van der Waals surface area contributed by atoms with Gasteiger partial charge in [-0.25, -0.2) is 4.99 Å². The first kappa shape index (κ1) is 19.4. The minimum atomic E-state index is 0. The molecule has 1 aromatic rings. The summed E-state index contributed by atoms with van der Waals surface area (Å²) in [4.78, 5) is 7.18. The molecule has 0 aromatic heterocycles. The van der Waals surface area contributed by atoms with E-state index in [0.29, 0.717) is 18.6 Å². The van der Waals surface area contributed by atoms with Gasteiger partial charge in [-0.05, 0) is 43.7 Å². The summed E-state index contributed by atoms with van der Waals surface area (Å²) < 4.78 is 16.5. The van der Waals surface area contributed by atoms with E-state index in [4.69, 9.17) is 19.2 Å². The molecule has 1 N–H and O–H groups in total. The maximum Gasteiger partial charge on any atom is 0.231 e. The molecule has 2 heterocycles. The van der Waals surface area contributed by atoms with Crippen molar-refractivity contribution in [3.05, 3.63) is 18.2 Å². The number of ether oxygens (including phenoxy) is 3. The van der Waals surface area contributed by atoms with Crippen molar-refractivity contribution in [2.75, 3.05) is 39.6 Å². The minimum Gasteiger partial charge on any atom is -0.492 e. The maximum absolute atomic E-state index is 5.81. The average molecular weight is 473 g/mol. The second kappa shape index (κ2) is 8.54. The van der Waals surface area contributed by atoms with Crippen LogP contribution in [0, 0.1) is 5.41 Å². The average Bonchev–Trinajstić information content (AvgIpc) is 3.23. The van der Waals surface area contributed by atoms with Gasteiger partial charge in [0.05, 0.1) is 6.54 Å². The normalized spacial score (nSPS) is 19.9. The molecule has 2 aliphatic heterocycles. The van der Waals surface area contributed by atoms with Crippen LogP contribution in [-0.4, -0.2) is 50.4 Å². The van der Waals surface area contributed by atoms with E-state index in [1.165, 1.54) is 25.7 Å². The summed E-state index contributed by atoms with van der Waals surface area (Å²) in [5, 5.41) is 3.43. The molecule has 1 aliphatic carbocycles. The van der Waals surface area contributed by atoms with Gasteiger partial charge in [-0.3, -0.25) is 0 Å². The molecule has 3 aliphatic rings. The SMILES string of the molecule is CCNC(=NCCOc1ccc2c(c1)OCO2)N1CCC2(CCC2)C1.I. The fraction of sp³-hybridized carbons (Fsp3) is 0.632. The van der Waals surface area contributed by atoms with Gasteiger partial charge in [0.15, 0.2) is 17.5 Å². The summed E-state index contributed by atoms with van der Waals surface area (Å²) in [6.07, 6.45) is 5.47. The molecule has 1 saturated carbocycles. The third-order valence-electron chi connectivity index (χ3n) is 5.45. The van der Waals surface area contributed by atoms with Crippen molar-refractivity contribution < 1.29 is 14.2 Å². The van der Waals surface area contributed by atoms with Crippen LogP contribution >= 0.6 is 24.0 Å². The van der Waals surface area contributed by atoms with Gasteiger partial charge in [0.1, 0.15) is 12.4 Å². The highest BCUT2D eigenvalue weighted by Crippen LogP contribution is 2.47. The van der Waals surface area contributed by atoms with Gasteiger partial charge in [-0.2, -0.15) is 0 Å². The van der Waals surface area contributed by atoms with Crippen molar-refractivity contribution in [1.29, 1.82) is 0 Å². The van der Waals surface area contributed by atoms with Crippen molar-refractivity contribution in [2.45, 2.75) is 32.6 Å². The summed E-state index contributed by atoms with van der Waals surface area (Å²) in [6, 6.07) is 5.66. The zero-order valence-corrected chi connectivity index (χ0v) is 17.7. The van der Waals surface area contributed by atoms with E-state index < -0.39 is 0 Å². The van der Waals surface area contributed by atoms with Crippen LogP contribution < -0.4 is 19.5 Å². The quantitative estimate of drug-likeness (QED) is 0.308. The van der Waals surface area contributed by atoms with E-state index in [-0.39, 0.29) is 30.8 Å². The van der Waals surface area contributed by atoms with Crippen LogP contribution in [-0.2, 0) is 0 Å². The van der Waals surface area contributed by atoms with E-state index in [2.05, 4.69) is 17.1 Å². The first-order valence-corrected chi connectivity index (χ1v) is 9.34. The third-order valence-corrected chi connectivity index (χ3v) is 5.45. The van der Waals surface area contributed by atoms with Crippen molar-refractivity contribution in [2.24, 2.45) is 10.4 Å². The number of aliphatic imine (C=N–C) groups is 1. The minimum absolute atomic E-state index is 0. The fourth-order valence-corrected chi connectivity index (χ4v) is 3.91. The van der Waals surface area contributed by atoms with E-state index >= 15 is 0 Å². The largest absolute Gasteiger partial charge is 0.492 e. The zero-order valence-electron chi connectivity index (χ0n) is 15.3. The standard InChI is InChI=1S/C19H27N3O3.HI/c1-2-20-18(22-10-8-19(13-22)6-3-7-19)21-9-11-23-15-4-5-16-17(12-15)25-14-24-16;/h4-5,12H,2-3,6-11,13-14H2,1H3,(H,20,21);1H. The predicted molar refractivity (Wildman–Crippen MR) is 112 cm³/mol. The number of likely N-dealkylation sites (tertiary alicyclic amines) is 1. The molecule has 4 rings (SSSR count). The lowest BCUT2D eigenvalue weighted by Gasteiger charge is -2.38. The highest BCUT2D eigenvalue weighted by molar-refractivity contribution is 14.0. The zero-order chi connectivity index (χ0) is 17.1. The molecule has 0 bridgehead atoms. The predicted octanol–water partition coefficient (Wildman–Crippen LogP) is 3.25. The Morgan fingerprint density at radius 3 is 2.85 bits per heavy atom. The Morgan fingerprint density at radius 2 is 2.12 bits per heavy atom. The molecule has 0 atom stereocenters. The van der Waals surface area contributed by atoms with Crippen LogP contribution in [0.15, 0.2) is 23.2 Å². The van der Waals surface area contributed by atoms with Gasteiger partial charge in [0.2, 0.25) is 6.79 Å². The summed E-state index contributed by atoms with van der Waals surface area (Å²) in [5.41, 5.74) is 0.583. The number of guanidine groups is 1. The molecular formula is C19H28IN3O3. The fourth-order valence-electron chi connectivity index (χ4n) is 3.91. The molecule has 1 aromatic carbocycles. The molecule has 26 heavy (non-hydrogen) atoms. The molecule has 0 radical (unpaired) electrons. The van der Waals surface area contributed by atoms with Crippen LogP contribution in [0.2, 0.25) is 0 Å². The summed E-state index contributed by atoms with van der Waals surface area (Å²) in [5.74, 6) is 3.34. The molecule has 0 amide bonds. The lowest BCUT2D eigenvalue weighted by molar-refractivity contribution is 0.151. The molecule has 0 unspecified atom stereocenters.